The average Bonchev–Trinajstić information content (AvgIpc) is 3.08. The fourth-order valence-corrected chi connectivity index (χ4v) is 3.18. The molecule has 3 rings (SSSR count). The summed E-state index contributed by atoms with van der Waals surface area (Å²) in [6.45, 7) is 6.34. The van der Waals surface area contributed by atoms with Gasteiger partial charge in [0.25, 0.3) is 11.8 Å². The first-order valence-electron chi connectivity index (χ1n) is 10.1. The summed E-state index contributed by atoms with van der Waals surface area (Å²) in [6.07, 6.45) is 0. The minimum atomic E-state index is -0.330. The maximum atomic E-state index is 13.4. The Morgan fingerprint density at radius 3 is 2.32 bits per heavy atom. The zero-order valence-corrected chi connectivity index (χ0v) is 17.9. The van der Waals surface area contributed by atoms with Crippen LogP contribution in [0.1, 0.15) is 34.2 Å². The van der Waals surface area contributed by atoms with Crippen molar-refractivity contribution < 1.29 is 18.7 Å². The van der Waals surface area contributed by atoms with E-state index in [0.717, 1.165) is 17.0 Å². The molecule has 0 saturated carbocycles. The number of aryl methyl sites for hydroxylation is 2. The summed E-state index contributed by atoms with van der Waals surface area (Å²) in [7, 11) is 0. The number of carbonyl (C=O) groups excluding carboxylic acids is 2. The molecule has 0 aliphatic rings. The standard InChI is InChI=1S/C24H26FN3O3/c1-4-27(15-19-6-5-7-21(25)14-19)23(29)16-31-22-12-10-20(11-13-22)24(30)26-28-17(2)8-9-18(28)3/h5-14H,4,15-16H2,1-3H3,(H,26,30). The molecule has 2 aromatic carbocycles. The molecular weight excluding hydrogens is 397 g/mol. The molecule has 2 amide bonds. The van der Waals surface area contributed by atoms with Crippen molar-refractivity contribution in [1.82, 2.24) is 9.58 Å². The summed E-state index contributed by atoms with van der Waals surface area (Å²) in [6, 6.07) is 16.6. The van der Waals surface area contributed by atoms with E-state index in [2.05, 4.69) is 5.43 Å². The molecule has 31 heavy (non-hydrogen) atoms. The molecule has 0 atom stereocenters. The number of likely N-dealkylation sites (N-methyl/N-ethyl adjacent to an activating group) is 1. The molecule has 3 aromatic rings. The number of benzene rings is 2. The number of rotatable bonds is 8. The summed E-state index contributed by atoms with van der Waals surface area (Å²) in [5, 5.41) is 0. The number of hydrogen-bond acceptors (Lipinski definition) is 3. The zero-order chi connectivity index (χ0) is 22.4. The molecule has 0 bridgehead atoms. The number of hydrogen-bond donors (Lipinski definition) is 1. The number of halogens is 1. The third-order valence-electron chi connectivity index (χ3n) is 4.96. The highest BCUT2D eigenvalue weighted by atomic mass is 19.1. The van der Waals surface area contributed by atoms with Gasteiger partial charge in [-0.05, 0) is 74.9 Å². The van der Waals surface area contributed by atoms with Gasteiger partial charge in [0, 0.05) is 30.0 Å². The third-order valence-corrected chi connectivity index (χ3v) is 4.96. The van der Waals surface area contributed by atoms with Gasteiger partial charge < -0.3 is 9.64 Å². The van der Waals surface area contributed by atoms with Gasteiger partial charge in [0.1, 0.15) is 11.6 Å². The second-order valence-electron chi connectivity index (χ2n) is 7.24. The lowest BCUT2D eigenvalue weighted by atomic mass is 10.2. The minimum Gasteiger partial charge on any atom is -0.484 e. The normalized spacial score (nSPS) is 10.6. The number of nitrogens with one attached hydrogen (secondary N) is 1. The van der Waals surface area contributed by atoms with Crippen LogP contribution in [-0.2, 0) is 11.3 Å². The second-order valence-corrected chi connectivity index (χ2v) is 7.24. The van der Waals surface area contributed by atoms with Crippen LogP contribution in [0.4, 0.5) is 4.39 Å². The zero-order valence-electron chi connectivity index (χ0n) is 17.9. The Morgan fingerprint density at radius 2 is 1.71 bits per heavy atom. The van der Waals surface area contributed by atoms with Gasteiger partial charge in [-0.25, -0.2) is 4.39 Å². The van der Waals surface area contributed by atoms with Crippen molar-refractivity contribution in [3.8, 4) is 5.75 Å². The van der Waals surface area contributed by atoms with Gasteiger partial charge in [-0.15, -0.1) is 0 Å². The lowest BCUT2D eigenvalue weighted by Crippen LogP contribution is -2.34. The first-order chi connectivity index (χ1) is 14.9. The van der Waals surface area contributed by atoms with Crippen molar-refractivity contribution >= 4 is 11.8 Å². The van der Waals surface area contributed by atoms with E-state index in [0.29, 0.717) is 24.4 Å². The number of amides is 2. The highest BCUT2D eigenvalue weighted by molar-refractivity contribution is 6.00. The van der Waals surface area contributed by atoms with Gasteiger partial charge in [0.05, 0.1) is 0 Å². The lowest BCUT2D eigenvalue weighted by molar-refractivity contribution is -0.133. The van der Waals surface area contributed by atoms with Crippen molar-refractivity contribution in [3.63, 3.8) is 0 Å². The van der Waals surface area contributed by atoms with Gasteiger partial charge in [0.2, 0.25) is 0 Å². The predicted octanol–water partition coefficient (Wildman–Crippen LogP) is 4.06. The van der Waals surface area contributed by atoms with Crippen LogP contribution >= 0.6 is 0 Å². The van der Waals surface area contributed by atoms with Gasteiger partial charge in [-0.2, -0.15) is 0 Å². The Balaban J connectivity index is 1.55. The fraction of sp³-hybridized carbons (Fsp3) is 0.250. The van der Waals surface area contributed by atoms with Crippen LogP contribution in [0.2, 0.25) is 0 Å². The van der Waals surface area contributed by atoms with Gasteiger partial charge in [-0.1, -0.05) is 12.1 Å². The lowest BCUT2D eigenvalue weighted by Gasteiger charge is -2.21. The van der Waals surface area contributed by atoms with Crippen LogP contribution in [0.15, 0.2) is 60.7 Å². The molecule has 1 heterocycles. The van der Waals surface area contributed by atoms with E-state index < -0.39 is 0 Å². The summed E-state index contributed by atoms with van der Waals surface area (Å²) in [5.41, 5.74) is 5.91. The third kappa shape index (κ3) is 5.72. The van der Waals surface area contributed by atoms with Gasteiger partial charge in [-0.3, -0.25) is 19.7 Å². The molecule has 0 aliphatic heterocycles. The van der Waals surface area contributed by atoms with Crippen LogP contribution < -0.4 is 10.2 Å². The Labute approximate surface area is 181 Å². The molecule has 0 spiro atoms. The highest BCUT2D eigenvalue weighted by Gasteiger charge is 2.14. The van der Waals surface area contributed by atoms with Gasteiger partial charge >= 0.3 is 0 Å². The molecular formula is C24H26FN3O3. The minimum absolute atomic E-state index is 0.142. The molecule has 0 fully saturated rings. The molecule has 1 aromatic heterocycles. The van der Waals surface area contributed by atoms with Crippen molar-refractivity contribution in [2.24, 2.45) is 0 Å². The molecule has 0 radical (unpaired) electrons. The largest absolute Gasteiger partial charge is 0.484 e. The van der Waals surface area contributed by atoms with Crippen LogP contribution in [0, 0.1) is 19.7 Å². The Hall–Kier alpha value is -3.61. The van der Waals surface area contributed by atoms with Crippen LogP contribution in [-0.4, -0.2) is 34.5 Å². The van der Waals surface area contributed by atoms with Crippen molar-refractivity contribution in [2.45, 2.75) is 27.3 Å². The smallest absolute Gasteiger partial charge is 0.270 e. The predicted molar refractivity (Wildman–Crippen MR) is 117 cm³/mol. The van der Waals surface area contributed by atoms with Crippen molar-refractivity contribution in [1.29, 1.82) is 0 Å². The van der Waals surface area contributed by atoms with Crippen molar-refractivity contribution in [3.05, 3.63) is 89.0 Å². The number of ether oxygens (including phenoxy) is 1. The van der Waals surface area contributed by atoms with Crippen LogP contribution in [0.3, 0.4) is 0 Å². The molecule has 0 saturated heterocycles. The van der Waals surface area contributed by atoms with E-state index in [1.54, 1.807) is 46.0 Å². The quantitative estimate of drug-likeness (QED) is 0.594. The SMILES string of the molecule is CCN(Cc1cccc(F)c1)C(=O)COc1ccc(C(=O)Nn2c(C)ccc2C)cc1. The first-order valence-corrected chi connectivity index (χ1v) is 10.1. The second kappa shape index (κ2) is 9.93. The summed E-state index contributed by atoms with van der Waals surface area (Å²) in [5.74, 6) is -0.284. The van der Waals surface area contributed by atoms with E-state index >= 15 is 0 Å². The van der Waals surface area contributed by atoms with Crippen LogP contribution in [0.25, 0.3) is 0 Å². The summed E-state index contributed by atoms with van der Waals surface area (Å²) in [4.78, 5) is 26.5. The van der Waals surface area contributed by atoms with Crippen LogP contribution in [0.5, 0.6) is 5.75 Å². The maximum absolute atomic E-state index is 13.4. The summed E-state index contributed by atoms with van der Waals surface area (Å²) < 4.78 is 20.7. The fourth-order valence-electron chi connectivity index (χ4n) is 3.18. The topological polar surface area (TPSA) is 63.6 Å². The number of nitrogens with zero attached hydrogens (tertiary/aromatic N) is 2. The Kier molecular flexibility index (Phi) is 7.07. The average molecular weight is 423 g/mol. The van der Waals surface area contributed by atoms with E-state index in [9.17, 15) is 14.0 Å². The first kappa shape index (κ1) is 22.1. The molecule has 7 heteroatoms. The highest BCUT2D eigenvalue weighted by Crippen LogP contribution is 2.14. The van der Waals surface area contributed by atoms with E-state index in [-0.39, 0.29) is 24.2 Å². The Bertz CT molecular complexity index is 1040. The van der Waals surface area contributed by atoms with Crippen molar-refractivity contribution in [2.75, 3.05) is 18.6 Å². The van der Waals surface area contributed by atoms with E-state index in [1.807, 2.05) is 32.9 Å². The van der Waals surface area contributed by atoms with Gasteiger partial charge in [0.15, 0.2) is 6.61 Å². The molecule has 1 N–H and O–H groups in total. The van der Waals surface area contributed by atoms with E-state index in [1.165, 1.54) is 12.1 Å². The number of carbonyl (C=O) groups is 2. The molecule has 0 aliphatic carbocycles. The molecule has 6 nitrogen and oxygen atoms in total. The van der Waals surface area contributed by atoms with E-state index in [4.69, 9.17) is 4.74 Å². The number of aromatic nitrogens is 1. The summed E-state index contributed by atoms with van der Waals surface area (Å²) >= 11 is 0. The Morgan fingerprint density at radius 1 is 1.03 bits per heavy atom. The monoisotopic (exact) mass is 423 g/mol. The molecule has 0 unspecified atom stereocenters. The molecule has 162 valence electrons. The maximum Gasteiger partial charge on any atom is 0.270 e.